The number of amides is 1. The van der Waals surface area contributed by atoms with Crippen molar-refractivity contribution in [2.75, 3.05) is 6.54 Å². The van der Waals surface area contributed by atoms with Crippen LogP contribution in [0.5, 0.6) is 0 Å². The quantitative estimate of drug-likeness (QED) is 0.702. The Morgan fingerprint density at radius 3 is 2.00 bits per heavy atom. The maximum atomic E-state index is 12.2. The van der Waals surface area contributed by atoms with Crippen LogP contribution in [0.4, 0.5) is 0 Å². The highest BCUT2D eigenvalue weighted by Crippen LogP contribution is 2.32. The van der Waals surface area contributed by atoms with Crippen LogP contribution in [0.3, 0.4) is 0 Å². The van der Waals surface area contributed by atoms with Gasteiger partial charge in [0.05, 0.1) is 4.75 Å². The second-order valence-corrected chi connectivity index (χ2v) is 8.60. The third-order valence-corrected chi connectivity index (χ3v) is 3.38. The third-order valence-electron chi connectivity index (χ3n) is 3.02. The van der Waals surface area contributed by atoms with E-state index in [1.165, 1.54) is 0 Å². The standard InChI is InChI=1S/C15H31NOS/c1-8-9-14(5,6)11-16-12(17)15(7,18)10-13(2,3)4/h18H,8-11H2,1-7H3,(H,16,17). The molecular weight excluding hydrogens is 242 g/mol. The number of thiol groups is 1. The predicted octanol–water partition coefficient (Wildman–Crippen LogP) is 4.05. The number of nitrogens with one attached hydrogen (secondary N) is 1. The molecule has 0 spiro atoms. The van der Waals surface area contributed by atoms with E-state index in [0.29, 0.717) is 0 Å². The van der Waals surface area contributed by atoms with E-state index in [-0.39, 0.29) is 16.7 Å². The molecule has 0 fully saturated rings. The zero-order valence-corrected chi connectivity index (χ0v) is 14.1. The fourth-order valence-electron chi connectivity index (χ4n) is 2.39. The Bertz CT molecular complexity index is 277. The minimum absolute atomic E-state index is 0.0462. The first-order chi connectivity index (χ1) is 7.90. The lowest BCUT2D eigenvalue weighted by molar-refractivity contribution is -0.124. The van der Waals surface area contributed by atoms with Crippen LogP contribution in [-0.2, 0) is 4.79 Å². The molecule has 0 saturated heterocycles. The van der Waals surface area contributed by atoms with Crippen molar-refractivity contribution in [3.63, 3.8) is 0 Å². The summed E-state index contributed by atoms with van der Waals surface area (Å²) in [7, 11) is 0. The van der Waals surface area contributed by atoms with E-state index < -0.39 is 4.75 Å². The molecule has 108 valence electrons. The van der Waals surface area contributed by atoms with Gasteiger partial charge in [0.15, 0.2) is 0 Å². The maximum Gasteiger partial charge on any atom is 0.235 e. The summed E-state index contributed by atoms with van der Waals surface area (Å²) in [5, 5.41) is 3.06. The molecule has 0 aromatic heterocycles. The Hall–Kier alpha value is -0.180. The lowest BCUT2D eigenvalue weighted by Gasteiger charge is -2.32. The highest BCUT2D eigenvalue weighted by atomic mass is 32.1. The molecule has 0 aliphatic rings. The Morgan fingerprint density at radius 2 is 1.61 bits per heavy atom. The maximum absolute atomic E-state index is 12.2. The van der Waals surface area contributed by atoms with Gasteiger partial charge in [-0.1, -0.05) is 48.0 Å². The number of carbonyl (C=O) groups is 1. The first-order valence-electron chi connectivity index (χ1n) is 6.90. The SMILES string of the molecule is CCCC(C)(C)CNC(=O)C(C)(S)CC(C)(C)C. The molecule has 0 saturated carbocycles. The highest BCUT2D eigenvalue weighted by Gasteiger charge is 2.34. The molecule has 0 aromatic rings. The molecule has 1 atom stereocenters. The van der Waals surface area contributed by atoms with Crippen LogP contribution in [0.15, 0.2) is 0 Å². The van der Waals surface area contributed by atoms with Gasteiger partial charge in [0.25, 0.3) is 0 Å². The second kappa shape index (κ2) is 6.31. The summed E-state index contributed by atoms with van der Waals surface area (Å²) in [6.45, 7) is 15.6. The van der Waals surface area contributed by atoms with Crippen molar-refractivity contribution in [1.82, 2.24) is 5.32 Å². The molecule has 1 unspecified atom stereocenters. The van der Waals surface area contributed by atoms with Gasteiger partial charge in [-0.2, -0.15) is 12.6 Å². The molecule has 0 rings (SSSR count). The zero-order valence-electron chi connectivity index (χ0n) is 13.2. The molecule has 0 aromatic carbocycles. The largest absolute Gasteiger partial charge is 0.354 e. The number of carbonyl (C=O) groups excluding carboxylic acids is 1. The number of rotatable bonds is 6. The normalized spacial score (nSPS) is 16.2. The van der Waals surface area contributed by atoms with Crippen molar-refractivity contribution < 1.29 is 4.79 Å². The van der Waals surface area contributed by atoms with Gasteiger partial charge in [0.1, 0.15) is 0 Å². The van der Waals surface area contributed by atoms with E-state index in [9.17, 15) is 4.79 Å². The van der Waals surface area contributed by atoms with Crippen LogP contribution < -0.4 is 5.32 Å². The van der Waals surface area contributed by atoms with Gasteiger partial charge in [-0.25, -0.2) is 0 Å². The van der Waals surface area contributed by atoms with Gasteiger partial charge in [0, 0.05) is 6.54 Å². The summed E-state index contributed by atoms with van der Waals surface area (Å²) in [6, 6.07) is 0. The molecule has 0 aliphatic carbocycles. The molecule has 0 radical (unpaired) electrons. The molecule has 3 heteroatoms. The van der Waals surface area contributed by atoms with Gasteiger partial charge >= 0.3 is 0 Å². The van der Waals surface area contributed by atoms with E-state index in [1.807, 2.05) is 6.92 Å². The van der Waals surface area contributed by atoms with Crippen LogP contribution in [0.25, 0.3) is 0 Å². The Morgan fingerprint density at radius 1 is 1.11 bits per heavy atom. The van der Waals surface area contributed by atoms with E-state index in [1.54, 1.807) is 0 Å². The summed E-state index contributed by atoms with van der Waals surface area (Å²) in [6.07, 6.45) is 3.03. The number of hydrogen-bond acceptors (Lipinski definition) is 2. The molecule has 0 bridgehead atoms. The summed E-state index contributed by atoms with van der Waals surface area (Å²) in [5.41, 5.74) is 0.267. The second-order valence-electron chi connectivity index (χ2n) is 7.61. The van der Waals surface area contributed by atoms with E-state index in [2.05, 4.69) is 59.5 Å². The van der Waals surface area contributed by atoms with Gasteiger partial charge in [-0.3, -0.25) is 4.79 Å². The lowest BCUT2D eigenvalue weighted by atomic mass is 9.84. The van der Waals surface area contributed by atoms with Gasteiger partial charge in [0.2, 0.25) is 5.91 Å². The summed E-state index contributed by atoms with van der Waals surface area (Å²) < 4.78 is -0.597. The minimum Gasteiger partial charge on any atom is -0.354 e. The van der Waals surface area contributed by atoms with Crippen LogP contribution >= 0.6 is 12.6 Å². The van der Waals surface area contributed by atoms with Crippen molar-refractivity contribution >= 4 is 18.5 Å². The average Bonchev–Trinajstić information content (AvgIpc) is 2.10. The van der Waals surface area contributed by atoms with E-state index >= 15 is 0 Å². The van der Waals surface area contributed by atoms with Crippen molar-refractivity contribution in [3.8, 4) is 0 Å². The summed E-state index contributed by atoms with van der Waals surface area (Å²) in [5.74, 6) is 0.0462. The topological polar surface area (TPSA) is 29.1 Å². The Balaban J connectivity index is 4.40. The lowest BCUT2D eigenvalue weighted by Crippen LogP contribution is -2.45. The monoisotopic (exact) mass is 273 g/mol. The van der Waals surface area contributed by atoms with Gasteiger partial charge in [-0.15, -0.1) is 0 Å². The van der Waals surface area contributed by atoms with Crippen LogP contribution in [0.1, 0.15) is 67.7 Å². The van der Waals surface area contributed by atoms with Crippen molar-refractivity contribution in [1.29, 1.82) is 0 Å². The first kappa shape index (κ1) is 17.8. The Kier molecular flexibility index (Phi) is 6.25. The fourth-order valence-corrected chi connectivity index (χ4v) is 2.94. The van der Waals surface area contributed by atoms with Crippen molar-refractivity contribution in [2.45, 2.75) is 72.5 Å². The third kappa shape index (κ3) is 7.30. The summed E-state index contributed by atoms with van der Waals surface area (Å²) >= 11 is 4.54. The van der Waals surface area contributed by atoms with Crippen LogP contribution in [0.2, 0.25) is 0 Å². The first-order valence-corrected chi connectivity index (χ1v) is 7.35. The molecule has 1 amide bonds. The van der Waals surface area contributed by atoms with Crippen LogP contribution in [0, 0.1) is 10.8 Å². The van der Waals surface area contributed by atoms with Gasteiger partial charge < -0.3 is 5.32 Å². The van der Waals surface area contributed by atoms with Crippen molar-refractivity contribution in [2.24, 2.45) is 10.8 Å². The molecule has 0 heterocycles. The highest BCUT2D eigenvalue weighted by molar-refractivity contribution is 7.82. The fraction of sp³-hybridized carbons (Fsp3) is 0.933. The van der Waals surface area contributed by atoms with Crippen LogP contribution in [-0.4, -0.2) is 17.2 Å². The molecule has 18 heavy (non-hydrogen) atoms. The number of hydrogen-bond donors (Lipinski definition) is 2. The Labute approximate surface area is 119 Å². The minimum atomic E-state index is -0.597. The average molecular weight is 273 g/mol. The summed E-state index contributed by atoms with van der Waals surface area (Å²) in [4.78, 5) is 12.2. The van der Waals surface area contributed by atoms with E-state index in [0.717, 1.165) is 25.8 Å². The molecular formula is C15H31NOS. The van der Waals surface area contributed by atoms with E-state index in [4.69, 9.17) is 0 Å². The zero-order chi connectivity index (χ0) is 14.6. The molecule has 0 aliphatic heterocycles. The van der Waals surface area contributed by atoms with Crippen molar-refractivity contribution in [3.05, 3.63) is 0 Å². The molecule has 1 N–H and O–H groups in total. The smallest absolute Gasteiger partial charge is 0.235 e. The van der Waals surface area contributed by atoms with Gasteiger partial charge in [-0.05, 0) is 30.6 Å². The molecule has 2 nitrogen and oxygen atoms in total. The predicted molar refractivity (Wildman–Crippen MR) is 83.2 cm³/mol.